The Bertz CT molecular complexity index is 530. The molecule has 0 unspecified atom stereocenters. The van der Waals surface area contributed by atoms with Gasteiger partial charge in [-0.2, -0.15) is 10.5 Å². The first kappa shape index (κ1) is 13.6. The molecule has 0 saturated heterocycles. The number of Topliss-reactive ketones (excluding diaryl/α,β-unsaturated/α-hetero) is 2. The minimum atomic E-state index is -0.345. The van der Waals surface area contributed by atoms with Crippen LogP contribution in [0.2, 0.25) is 0 Å². The average Bonchev–Trinajstić information content (AvgIpc) is 2.38. The van der Waals surface area contributed by atoms with E-state index in [-0.39, 0.29) is 34.7 Å². The highest BCUT2D eigenvalue weighted by molar-refractivity contribution is 6.08. The van der Waals surface area contributed by atoms with Crippen LogP contribution in [0.25, 0.3) is 0 Å². The van der Waals surface area contributed by atoms with Crippen molar-refractivity contribution in [1.82, 2.24) is 0 Å². The lowest BCUT2D eigenvalue weighted by Crippen LogP contribution is -2.08. The molecule has 0 aliphatic rings. The predicted molar refractivity (Wildman–Crippen MR) is 64.7 cm³/mol. The topological polar surface area (TPSA) is 81.7 Å². The fourth-order valence-electron chi connectivity index (χ4n) is 1.57. The number of rotatable bonds is 5. The molecule has 1 aromatic rings. The third kappa shape index (κ3) is 3.54. The van der Waals surface area contributed by atoms with Crippen molar-refractivity contribution in [1.29, 1.82) is 10.5 Å². The molecular weight excluding hydrogens is 228 g/mol. The van der Waals surface area contributed by atoms with Gasteiger partial charge in [0.1, 0.15) is 5.78 Å². The van der Waals surface area contributed by atoms with E-state index in [0.717, 1.165) is 0 Å². The van der Waals surface area contributed by atoms with E-state index in [9.17, 15) is 9.59 Å². The quantitative estimate of drug-likeness (QED) is 0.584. The maximum absolute atomic E-state index is 11.8. The summed E-state index contributed by atoms with van der Waals surface area (Å²) >= 11 is 0. The Morgan fingerprint density at radius 1 is 1.11 bits per heavy atom. The van der Waals surface area contributed by atoms with Gasteiger partial charge in [0, 0.05) is 12.0 Å². The van der Waals surface area contributed by atoms with E-state index in [0.29, 0.717) is 12.8 Å². The number of carbonyl (C=O) groups is 2. The number of ketones is 2. The van der Waals surface area contributed by atoms with Crippen molar-refractivity contribution < 1.29 is 9.59 Å². The summed E-state index contributed by atoms with van der Waals surface area (Å²) in [5.74, 6) is -0.467. The Morgan fingerprint density at radius 2 is 1.67 bits per heavy atom. The summed E-state index contributed by atoms with van der Waals surface area (Å²) in [7, 11) is 0. The van der Waals surface area contributed by atoms with E-state index >= 15 is 0 Å². The third-order valence-electron chi connectivity index (χ3n) is 2.40. The first-order chi connectivity index (χ1) is 8.60. The zero-order valence-electron chi connectivity index (χ0n) is 10.1. The monoisotopic (exact) mass is 240 g/mol. The molecule has 0 aliphatic heterocycles. The van der Waals surface area contributed by atoms with Crippen molar-refractivity contribution in [2.24, 2.45) is 0 Å². The molecule has 0 radical (unpaired) electrons. The van der Waals surface area contributed by atoms with Gasteiger partial charge in [0.05, 0.1) is 29.7 Å². The minimum Gasteiger partial charge on any atom is -0.299 e. The van der Waals surface area contributed by atoms with E-state index in [4.69, 9.17) is 10.5 Å². The first-order valence-electron chi connectivity index (χ1n) is 5.61. The molecule has 18 heavy (non-hydrogen) atoms. The molecular formula is C14H12N2O2. The second-order valence-corrected chi connectivity index (χ2v) is 3.91. The second-order valence-electron chi connectivity index (χ2n) is 3.91. The maximum atomic E-state index is 11.8. The number of carbonyl (C=O) groups excluding carboxylic acids is 2. The number of hydrogen-bond donors (Lipinski definition) is 0. The fourth-order valence-corrected chi connectivity index (χ4v) is 1.57. The van der Waals surface area contributed by atoms with Crippen molar-refractivity contribution in [3.63, 3.8) is 0 Å². The van der Waals surface area contributed by atoms with Gasteiger partial charge < -0.3 is 0 Å². The van der Waals surface area contributed by atoms with Crippen molar-refractivity contribution in [3.8, 4) is 12.1 Å². The van der Waals surface area contributed by atoms with Gasteiger partial charge in [-0.1, -0.05) is 6.92 Å². The summed E-state index contributed by atoms with van der Waals surface area (Å²) in [6.07, 6.45) is 0.899. The SMILES string of the molecule is CCCC(=O)CC(=O)c1cc(C#N)cc(C#N)c1. The van der Waals surface area contributed by atoms with Crippen LogP contribution in [0.5, 0.6) is 0 Å². The van der Waals surface area contributed by atoms with Crippen LogP contribution >= 0.6 is 0 Å². The van der Waals surface area contributed by atoms with Gasteiger partial charge in [-0.05, 0) is 24.6 Å². The zero-order chi connectivity index (χ0) is 13.5. The maximum Gasteiger partial charge on any atom is 0.170 e. The fraction of sp³-hybridized carbons (Fsp3) is 0.286. The molecule has 0 spiro atoms. The highest BCUT2D eigenvalue weighted by atomic mass is 16.1. The van der Waals surface area contributed by atoms with E-state index in [1.54, 1.807) is 0 Å². The van der Waals surface area contributed by atoms with Crippen LogP contribution < -0.4 is 0 Å². The molecule has 0 aromatic heterocycles. The zero-order valence-corrected chi connectivity index (χ0v) is 10.1. The Balaban J connectivity index is 2.96. The van der Waals surface area contributed by atoms with Crippen molar-refractivity contribution >= 4 is 11.6 Å². The number of nitriles is 2. The summed E-state index contributed by atoms with van der Waals surface area (Å²) in [5.41, 5.74) is 0.746. The molecule has 0 heterocycles. The predicted octanol–water partition coefficient (Wildman–Crippen LogP) is 2.37. The molecule has 1 rings (SSSR count). The summed E-state index contributed by atoms with van der Waals surface area (Å²) < 4.78 is 0. The summed E-state index contributed by atoms with van der Waals surface area (Å²) in [5, 5.41) is 17.6. The molecule has 4 nitrogen and oxygen atoms in total. The van der Waals surface area contributed by atoms with Crippen molar-refractivity contribution in [2.45, 2.75) is 26.2 Å². The van der Waals surface area contributed by atoms with Gasteiger partial charge in [-0.15, -0.1) is 0 Å². The third-order valence-corrected chi connectivity index (χ3v) is 2.40. The van der Waals surface area contributed by atoms with Crippen molar-refractivity contribution in [3.05, 3.63) is 34.9 Å². The van der Waals surface area contributed by atoms with E-state index in [1.165, 1.54) is 18.2 Å². The summed E-state index contributed by atoms with van der Waals surface area (Å²) in [6.45, 7) is 1.87. The molecule has 0 saturated carbocycles. The van der Waals surface area contributed by atoms with Crippen LogP contribution in [0.15, 0.2) is 18.2 Å². The molecule has 4 heteroatoms. The normalized spacial score (nSPS) is 9.28. The van der Waals surface area contributed by atoms with Crippen molar-refractivity contribution in [2.75, 3.05) is 0 Å². The highest BCUT2D eigenvalue weighted by Gasteiger charge is 2.13. The first-order valence-corrected chi connectivity index (χ1v) is 5.61. The molecule has 0 amide bonds. The summed E-state index contributed by atoms with van der Waals surface area (Å²) in [4.78, 5) is 23.2. The molecule has 0 atom stereocenters. The van der Waals surface area contributed by atoms with Crippen LogP contribution in [0.1, 0.15) is 47.7 Å². The number of hydrogen-bond acceptors (Lipinski definition) is 4. The van der Waals surface area contributed by atoms with Gasteiger partial charge in [0.25, 0.3) is 0 Å². The van der Waals surface area contributed by atoms with Gasteiger partial charge >= 0.3 is 0 Å². The average molecular weight is 240 g/mol. The smallest absolute Gasteiger partial charge is 0.170 e. The largest absolute Gasteiger partial charge is 0.299 e. The standard InChI is InChI=1S/C14H12N2O2/c1-2-3-13(17)7-14(18)12-5-10(8-15)4-11(6-12)9-16/h4-6H,2-3,7H2,1H3. The number of nitrogens with zero attached hydrogens (tertiary/aromatic N) is 2. The van der Waals surface area contributed by atoms with Gasteiger partial charge in [0.2, 0.25) is 0 Å². The Kier molecular flexibility index (Phi) is 4.78. The molecule has 90 valence electrons. The Hall–Kier alpha value is -2.46. The van der Waals surface area contributed by atoms with Gasteiger partial charge in [0.15, 0.2) is 5.78 Å². The lowest BCUT2D eigenvalue weighted by molar-refractivity contribution is -0.118. The molecule has 1 aromatic carbocycles. The van der Waals surface area contributed by atoms with Crippen LogP contribution in [-0.2, 0) is 4.79 Å². The van der Waals surface area contributed by atoms with Gasteiger partial charge in [-0.3, -0.25) is 9.59 Å². The van der Waals surface area contributed by atoms with Gasteiger partial charge in [-0.25, -0.2) is 0 Å². The van der Waals surface area contributed by atoms with Crippen LogP contribution in [0.3, 0.4) is 0 Å². The Labute approximate surface area is 105 Å². The molecule has 0 aliphatic carbocycles. The second kappa shape index (κ2) is 6.32. The minimum absolute atomic E-state index is 0.122. The highest BCUT2D eigenvalue weighted by Crippen LogP contribution is 2.12. The molecule has 0 fully saturated rings. The lowest BCUT2D eigenvalue weighted by Gasteiger charge is -2.01. The molecule has 0 N–H and O–H groups in total. The lowest BCUT2D eigenvalue weighted by atomic mass is 10.00. The Morgan fingerprint density at radius 3 is 2.11 bits per heavy atom. The van der Waals surface area contributed by atoms with Crippen LogP contribution in [0.4, 0.5) is 0 Å². The van der Waals surface area contributed by atoms with E-state index in [1.807, 2.05) is 19.1 Å². The molecule has 0 bridgehead atoms. The van der Waals surface area contributed by atoms with E-state index in [2.05, 4.69) is 0 Å². The summed E-state index contributed by atoms with van der Waals surface area (Å²) in [6, 6.07) is 7.99. The van der Waals surface area contributed by atoms with E-state index < -0.39 is 0 Å². The van der Waals surface area contributed by atoms with Crippen LogP contribution in [-0.4, -0.2) is 11.6 Å². The number of benzene rings is 1. The van der Waals surface area contributed by atoms with Crippen LogP contribution in [0, 0.1) is 22.7 Å².